The lowest BCUT2D eigenvalue weighted by Gasteiger charge is -2.29. The first-order chi connectivity index (χ1) is 8.33. The third-order valence-electron chi connectivity index (χ3n) is 3.11. The summed E-state index contributed by atoms with van der Waals surface area (Å²) in [6.45, 7) is 2.10. The zero-order valence-electron chi connectivity index (χ0n) is 10.6. The molecule has 0 amide bonds. The van der Waals surface area contributed by atoms with Gasteiger partial charge in [0.05, 0.1) is 23.4 Å². The van der Waals surface area contributed by atoms with E-state index in [2.05, 4.69) is 0 Å². The average molecular weight is 299 g/mol. The van der Waals surface area contributed by atoms with E-state index in [0.717, 1.165) is 0 Å². The molecular weight excluding hydrogens is 278 g/mol. The van der Waals surface area contributed by atoms with Crippen molar-refractivity contribution in [1.82, 2.24) is 4.31 Å². The van der Waals surface area contributed by atoms with E-state index in [-0.39, 0.29) is 37.5 Å². The highest BCUT2D eigenvalue weighted by atomic mass is 32.2. The van der Waals surface area contributed by atoms with Gasteiger partial charge in [0.1, 0.15) is 9.84 Å². The fourth-order valence-corrected chi connectivity index (χ4v) is 5.92. The van der Waals surface area contributed by atoms with Gasteiger partial charge in [-0.05, 0) is 19.3 Å². The minimum Gasteiger partial charge on any atom is -0.395 e. The second-order valence-corrected chi connectivity index (χ2v) is 9.04. The van der Waals surface area contributed by atoms with Crippen LogP contribution in [-0.4, -0.2) is 62.7 Å². The largest absolute Gasteiger partial charge is 0.395 e. The van der Waals surface area contributed by atoms with Crippen LogP contribution in [0.2, 0.25) is 0 Å². The van der Waals surface area contributed by atoms with E-state index >= 15 is 0 Å². The topological polar surface area (TPSA) is 91.8 Å². The van der Waals surface area contributed by atoms with Gasteiger partial charge in [-0.1, -0.05) is 6.92 Å². The Bertz CT molecular complexity index is 437. The van der Waals surface area contributed by atoms with E-state index in [0.29, 0.717) is 13.0 Å². The Kier molecular flexibility index (Phi) is 5.57. The first-order valence-corrected chi connectivity index (χ1v) is 9.46. The minimum absolute atomic E-state index is 0.0595. The molecular formula is C10H21NO5S2. The summed E-state index contributed by atoms with van der Waals surface area (Å²) < 4.78 is 48.5. The highest BCUT2D eigenvalue weighted by Gasteiger charge is 2.36. The van der Waals surface area contributed by atoms with Crippen molar-refractivity contribution in [2.24, 2.45) is 0 Å². The van der Waals surface area contributed by atoms with Crippen LogP contribution in [0.15, 0.2) is 0 Å². The second kappa shape index (κ2) is 6.31. The molecule has 0 aromatic carbocycles. The smallest absolute Gasteiger partial charge is 0.217 e. The normalized spacial score (nSPS) is 21.3. The number of rotatable bonds is 6. The molecule has 1 saturated heterocycles. The Labute approximate surface area is 109 Å². The minimum atomic E-state index is -3.49. The zero-order chi connectivity index (χ0) is 13.8. The molecule has 0 aliphatic carbocycles. The molecule has 1 aliphatic heterocycles. The molecule has 1 N–H and O–H groups in total. The number of sulfonamides is 1. The molecule has 0 saturated carbocycles. The van der Waals surface area contributed by atoms with Gasteiger partial charge in [-0.25, -0.2) is 16.8 Å². The van der Waals surface area contributed by atoms with Crippen LogP contribution in [0.5, 0.6) is 0 Å². The highest BCUT2D eigenvalue weighted by Crippen LogP contribution is 2.22. The van der Waals surface area contributed by atoms with Crippen LogP contribution >= 0.6 is 0 Å². The predicted molar refractivity (Wildman–Crippen MR) is 69.5 cm³/mol. The molecule has 1 fully saturated rings. The van der Waals surface area contributed by atoms with Crippen LogP contribution in [0.25, 0.3) is 0 Å². The molecule has 0 aromatic rings. The zero-order valence-corrected chi connectivity index (χ0v) is 12.2. The summed E-state index contributed by atoms with van der Waals surface area (Å²) in [4.78, 5) is 0. The fourth-order valence-electron chi connectivity index (χ4n) is 2.10. The van der Waals surface area contributed by atoms with Crippen molar-refractivity contribution in [3.05, 3.63) is 0 Å². The van der Waals surface area contributed by atoms with E-state index in [1.807, 2.05) is 6.92 Å². The van der Waals surface area contributed by atoms with E-state index in [9.17, 15) is 16.8 Å². The van der Waals surface area contributed by atoms with Crippen molar-refractivity contribution in [2.75, 3.05) is 31.2 Å². The van der Waals surface area contributed by atoms with E-state index in [1.165, 1.54) is 4.31 Å². The summed E-state index contributed by atoms with van der Waals surface area (Å²) in [5.74, 6) is -0.119. The molecule has 0 radical (unpaired) electrons. The van der Waals surface area contributed by atoms with Gasteiger partial charge in [0.25, 0.3) is 0 Å². The molecule has 0 atom stereocenters. The molecule has 1 rings (SSSR count). The first-order valence-electron chi connectivity index (χ1n) is 6.13. The second-order valence-electron chi connectivity index (χ2n) is 4.52. The third-order valence-corrected chi connectivity index (χ3v) is 7.22. The maximum atomic E-state index is 12.3. The van der Waals surface area contributed by atoms with Crippen LogP contribution < -0.4 is 0 Å². The first kappa shape index (κ1) is 15.9. The molecule has 0 spiro atoms. The Morgan fingerprint density at radius 2 is 1.78 bits per heavy atom. The van der Waals surface area contributed by atoms with Crippen LogP contribution in [0.1, 0.15) is 26.2 Å². The van der Waals surface area contributed by atoms with Gasteiger partial charge in [-0.2, -0.15) is 4.31 Å². The predicted octanol–water partition coefficient (Wildman–Crippen LogP) is -0.402. The molecule has 0 unspecified atom stereocenters. The maximum Gasteiger partial charge on any atom is 0.217 e. The standard InChI is InChI=1S/C10H21NO5S2/c1-2-5-11(6-7-12)18(15,16)10-3-8-17(13,14)9-4-10/h10,12H,2-9H2,1H3. The van der Waals surface area contributed by atoms with E-state index in [4.69, 9.17) is 5.11 Å². The van der Waals surface area contributed by atoms with E-state index in [1.54, 1.807) is 0 Å². The van der Waals surface area contributed by atoms with Crippen molar-refractivity contribution < 1.29 is 21.9 Å². The van der Waals surface area contributed by atoms with Crippen molar-refractivity contribution in [2.45, 2.75) is 31.4 Å². The van der Waals surface area contributed by atoms with Crippen LogP contribution in [-0.2, 0) is 19.9 Å². The third kappa shape index (κ3) is 3.91. The SMILES string of the molecule is CCCN(CCO)S(=O)(=O)C1CCS(=O)(=O)CC1. The van der Waals surface area contributed by atoms with Gasteiger partial charge in [-0.15, -0.1) is 0 Å². The molecule has 1 aliphatic rings. The number of sulfone groups is 1. The molecule has 8 heteroatoms. The monoisotopic (exact) mass is 299 g/mol. The number of hydrogen-bond donors (Lipinski definition) is 1. The Morgan fingerprint density at radius 1 is 1.22 bits per heavy atom. The molecule has 0 bridgehead atoms. The van der Waals surface area contributed by atoms with Gasteiger partial charge < -0.3 is 5.11 Å². The Hall–Kier alpha value is -0.180. The van der Waals surface area contributed by atoms with Gasteiger partial charge in [-0.3, -0.25) is 0 Å². The lowest BCUT2D eigenvalue weighted by molar-refractivity contribution is 0.252. The van der Waals surface area contributed by atoms with Crippen molar-refractivity contribution in [1.29, 1.82) is 0 Å². The number of hydrogen-bond acceptors (Lipinski definition) is 5. The molecule has 6 nitrogen and oxygen atoms in total. The maximum absolute atomic E-state index is 12.3. The van der Waals surface area contributed by atoms with Crippen LogP contribution in [0.4, 0.5) is 0 Å². The Morgan fingerprint density at radius 3 is 2.22 bits per heavy atom. The van der Waals surface area contributed by atoms with Gasteiger partial charge in [0.2, 0.25) is 10.0 Å². The molecule has 108 valence electrons. The van der Waals surface area contributed by atoms with Crippen molar-refractivity contribution in [3.8, 4) is 0 Å². The summed E-state index contributed by atoms with van der Waals surface area (Å²) in [6, 6.07) is 0. The van der Waals surface area contributed by atoms with Crippen molar-refractivity contribution >= 4 is 19.9 Å². The van der Waals surface area contributed by atoms with Crippen molar-refractivity contribution in [3.63, 3.8) is 0 Å². The lowest BCUT2D eigenvalue weighted by atomic mass is 10.2. The van der Waals surface area contributed by atoms with Gasteiger partial charge in [0.15, 0.2) is 0 Å². The fraction of sp³-hybridized carbons (Fsp3) is 1.00. The lowest BCUT2D eigenvalue weighted by Crippen LogP contribution is -2.44. The molecule has 1 heterocycles. The van der Waals surface area contributed by atoms with Gasteiger partial charge in [0, 0.05) is 13.1 Å². The van der Waals surface area contributed by atoms with Gasteiger partial charge >= 0.3 is 0 Å². The number of aliphatic hydroxyl groups is 1. The Balaban J connectivity index is 2.79. The average Bonchev–Trinajstić information content (AvgIpc) is 2.28. The summed E-state index contributed by atoms with van der Waals surface area (Å²) >= 11 is 0. The quantitative estimate of drug-likeness (QED) is 0.720. The van der Waals surface area contributed by atoms with Crippen LogP contribution in [0.3, 0.4) is 0 Å². The summed E-state index contributed by atoms with van der Waals surface area (Å²) in [5.41, 5.74) is 0. The number of nitrogens with zero attached hydrogens (tertiary/aromatic N) is 1. The number of aliphatic hydroxyl groups excluding tert-OH is 1. The molecule has 0 aromatic heterocycles. The van der Waals surface area contributed by atoms with E-state index < -0.39 is 25.1 Å². The summed E-state index contributed by atoms with van der Waals surface area (Å²) in [6.07, 6.45) is 0.997. The summed E-state index contributed by atoms with van der Waals surface area (Å²) in [7, 11) is -6.55. The van der Waals surface area contributed by atoms with Crippen LogP contribution in [0, 0.1) is 0 Å². The molecule has 18 heavy (non-hydrogen) atoms. The summed E-state index contributed by atoms with van der Waals surface area (Å²) in [5, 5.41) is 8.28. The highest BCUT2D eigenvalue weighted by molar-refractivity contribution is 7.92.